The largest absolute Gasteiger partial charge is 0.0980 e. The third-order valence-corrected chi connectivity index (χ3v) is 5.50. The van der Waals surface area contributed by atoms with Crippen LogP contribution in [-0.2, 0) is 0 Å². The van der Waals surface area contributed by atoms with Gasteiger partial charge in [-0.05, 0) is 12.5 Å². The van der Waals surface area contributed by atoms with Gasteiger partial charge in [-0.1, -0.05) is 49.2 Å². The van der Waals surface area contributed by atoms with Gasteiger partial charge in [-0.25, -0.2) is 0 Å². The Morgan fingerprint density at radius 3 is 2.18 bits per heavy atom. The van der Waals surface area contributed by atoms with Crippen LogP contribution in [-0.4, -0.2) is 8.07 Å². The van der Waals surface area contributed by atoms with Gasteiger partial charge in [0.25, 0.3) is 0 Å². The Hall–Kier alpha value is -0.563. The predicted octanol–water partition coefficient (Wildman–Crippen LogP) is 3.31. The molecular formula is C10H16Si. The monoisotopic (exact) mass is 164 g/mol. The quantitative estimate of drug-likeness (QED) is 0.549. The molecule has 1 aliphatic carbocycles. The highest BCUT2D eigenvalue weighted by Crippen LogP contribution is 2.29. The van der Waals surface area contributed by atoms with Crippen molar-refractivity contribution in [2.45, 2.75) is 25.6 Å². The van der Waals surface area contributed by atoms with E-state index in [-0.39, 0.29) is 0 Å². The SMILES string of the molecule is C/C=C/[Si](C)(C)C1C=CC=C1. The molecule has 11 heavy (non-hydrogen) atoms. The van der Waals surface area contributed by atoms with Crippen LogP contribution in [0.3, 0.4) is 0 Å². The zero-order valence-electron chi connectivity index (χ0n) is 7.54. The summed E-state index contributed by atoms with van der Waals surface area (Å²) in [5, 5.41) is 0. The topological polar surface area (TPSA) is 0 Å². The normalized spacial score (nSPS) is 18.8. The van der Waals surface area contributed by atoms with Gasteiger partial charge in [-0.15, -0.1) is 0 Å². The number of rotatable bonds is 2. The fourth-order valence-corrected chi connectivity index (χ4v) is 3.76. The standard InChI is InChI=1S/C10H16Si/c1-4-9-11(2,3)10-7-5-6-8-10/h4-10H,1-3H3/b9-4+. The van der Waals surface area contributed by atoms with Crippen LogP contribution in [0.1, 0.15) is 6.92 Å². The van der Waals surface area contributed by atoms with E-state index >= 15 is 0 Å². The molecule has 1 rings (SSSR count). The molecule has 0 aliphatic heterocycles. The molecule has 1 heteroatoms. The first kappa shape index (κ1) is 8.53. The number of allylic oxidation sites excluding steroid dienone is 5. The van der Waals surface area contributed by atoms with Crippen LogP contribution in [0.25, 0.3) is 0 Å². The van der Waals surface area contributed by atoms with Crippen molar-refractivity contribution in [3.05, 3.63) is 36.1 Å². The summed E-state index contributed by atoms with van der Waals surface area (Å²) in [4.78, 5) is 0. The summed E-state index contributed by atoms with van der Waals surface area (Å²) >= 11 is 0. The van der Waals surface area contributed by atoms with Crippen molar-refractivity contribution in [2.24, 2.45) is 0 Å². The lowest BCUT2D eigenvalue weighted by molar-refractivity contribution is 1.31. The van der Waals surface area contributed by atoms with Gasteiger partial charge < -0.3 is 0 Å². The molecule has 0 spiro atoms. The molecule has 0 radical (unpaired) electrons. The van der Waals surface area contributed by atoms with Gasteiger partial charge in [-0.3, -0.25) is 0 Å². The summed E-state index contributed by atoms with van der Waals surface area (Å²) in [5.74, 6) is 0. The molecule has 0 saturated heterocycles. The highest BCUT2D eigenvalue weighted by molar-refractivity contribution is 6.84. The molecule has 0 nitrogen and oxygen atoms in total. The smallest absolute Gasteiger partial charge is 0.0820 e. The van der Waals surface area contributed by atoms with Crippen LogP contribution in [0.5, 0.6) is 0 Å². The molecule has 0 fully saturated rings. The van der Waals surface area contributed by atoms with Crippen LogP contribution in [0, 0.1) is 0 Å². The zero-order valence-corrected chi connectivity index (χ0v) is 8.54. The van der Waals surface area contributed by atoms with Gasteiger partial charge >= 0.3 is 0 Å². The minimum absolute atomic E-state index is 0.721. The van der Waals surface area contributed by atoms with Crippen LogP contribution in [0.2, 0.25) is 18.6 Å². The molecule has 60 valence electrons. The first-order valence-electron chi connectivity index (χ1n) is 4.15. The lowest BCUT2D eigenvalue weighted by Crippen LogP contribution is -2.27. The summed E-state index contributed by atoms with van der Waals surface area (Å²) < 4.78 is 0. The Balaban J connectivity index is 2.71. The second-order valence-corrected chi connectivity index (χ2v) is 8.26. The second-order valence-electron chi connectivity index (χ2n) is 3.62. The molecular weight excluding hydrogens is 148 g/mol. The van der Waals surface area contributed by atoms with E-state index in [0.717, 1.165) is 5.54 Å². The lowest BCUT2D eigenvalue weighted by Gasteiger charge is -2.22. The van der Waals surface area contributed by atoms with Crippen LogP contribution in [0.15, 0.2) is 36.1 Å². The first-order valence-corrected chi connectivity index (χ1v) is 7.31. The molecule has 0 amide bonds. The summed E-state index contributed by atoms with van der Waals surface area (Å²) in [6.07, 6.45) is 11.1. The number of hydrogen-bond donors (Lipinski definition) is 0. The Bertz CT molecular complexity index is 197. The molecule has 1 aliphatic rings. The molecule has 0 saturated carbocycles. The van der Waals surface area contributed by atoms with Crippen molar-refractivity contribution >= 4 is 8.07 Å². The third-order valence-electron chi connectivity index (χ3n) is 2.20. The van der Waals surface area contributed by atoms with E-state index in [1.807, 2.05) is 0 Å². The summed E-state index contributed by atoms with van der Waals surface area (Å²) in [6, 6.07) is 0. The van der Waals surface area contributed by atoms with E-state index < -0.39 is 8.07 Å². The molecule has 0 aromatic rings. The van der Waals surface area contributed by atoms with Crippen LogP contribution < -0.4 is 0 Å². The average Bonchev–Trinajstić information content (AvgIpc) is 2.37. The molecule has 0 aromatic carbocycles. The highest BCUT2D eigenvalue weighted by atomic mass is 28.3. The van der Waals surface area contributed by atoms with Gasteiger partial charge in [-0.2, -0.15) is 0 Å². The van der Waals surface area contributed by atoms with Crippen molar-refractivity contribution in [1.29, 1.82) is 0 Å². The summed E-state index contributed by atoms with van der Waals surface area (Å²) in [5.41, 5.74) is 3.12. The Kier molecular flexibility index (Phi) is 2.50. The third kappa shape index (κ3) is 1.93. The minimum Gasteiger partial charge on any atom is -0.0980 e. The van der Waals surface area contributed by atoms with Crippen LogP contribution in [0.4, 0.5) is 0 Å². The zero-order chi connectivity index (χ0) is 8.32. The molecule has 0 heterocycles. The molecule has 0 N–H and O–H groups in total. The van der Waals surface area contributed by atoms with E-state index in [1.54, 1.807) is 0 Å². The first-order chi connectivity index (χ1) is 5.17. The van der Waals surface area contributed by atoms with E-state index in [1.165, 1.54) is 0 Å². The molecule has 0 bridgehead atoms. The van der Waals surface area contributed by atoms with Crippen molar-refractivity contribution in [3.8, 4) is 0 Å². The highest BCUT2D eigenvalue weighted by Gasteiger charge is 2.25. The van der Waals surface area contributed by atoms with E-state index in [4.69, 9.17) is 0 Å². The van der Waals surface area contributed by atoms with Crippen LogP contribution >= 0.6 is 0 Å². The van der Waals surface area contributed by atoms with Gasteiger partial charge in [0.2, 0.25) is 0 Å². The Morgan fingerprint density at radius 1 is 1.18 bits per heavy atom. The Labute approximate surface area is 70.3 Å². The predicted molar refractivity (Wildman–Crippen MR) is 54.3 cm³/mol. The summed E-state index contributed by atoms with van der Waals surface area (Å²) in [7, 11) is -1.12. The fourth-order valence-electron chi connectivity index (χ4n) is 1.47. The van der Waals surface area contributed by atoms with Crippen molar-refractivity contribution in [3.63, 3.8) is 0 Å². The van der Waals surface area contributed by atoms with Gasteiger partial charge in [0.1, 0.15) is 0 Å². The molecule has 0 aromatic heterocycles. The maximum atomic E-state index is 2.40. The maximum absolute atomic E-state index is 2.40. The summed E-state index contributed by atoms with van der Waals surface area (Å²) in [6.45, 7) is 6.91. The van der Waals surface area contributed by atoms with Gasteiger partial charge in [0.05, 0.1) is 8.07 Å². The average molecular weight is 164 g/mol. The molecule has 0 atom stereocenters. The van der Waals surface area contributed by atoms with E-state index in [0.29, 0.717) is 0 Å². The van der Waals surface area contributed by atoms with Crippen molar-refractivity contribution < 1.29 is 0 Å². The second kappa shape index (κ2) is 3.22. The maximum Gasteiger partial charge on any atom is 0.0820 e. The minimum atomic E-state index is -1.12. The lowest BCUT2D eigenvalue weighted by atomic mass is 10.5. The van der Waals surface area contributed by atoms with Crippen molar-refractivity contribution in [1.82, 2.24) is 0 Å². The van der Waals surface area contributed by atoms with E-state index in [2.05, 4.69) is 56.1 Å². The van der Waals surface area contributed by atoms with Crippen molar-refractivity contribution in [2.75, 3.05) is 0 Å². The van der Waals surface area contributed by atoms with Gasteiger partial charge in [0, 0.05) is 0 Å². The number of hydrogen-bond acceptors (Lipinski definition) is 0. The fraction of sp³-hybridized carbons (Fsp3) is 0.400. The Morgan fingerprint density at radius 2 is 1.73 bits per heavy atom. The van der Waals surface area contributed by atoms with E-state index in [9.17, 15) is 0 Å². The van der Waals surface area contributed by atoms with Gasteiger partial charge in [0.15, 0.2) is 0 Å². The molecule has 0 unspecified atom stereocenters.